The highest BCUT2D eigenvalue weighted by Gasteiger charge is 2.34. The van der Waals surface area contributed by atoms with Crippen molar-refractivity contribution in [3.63, 3.8) is 0 Å². The molecule has 0 radical (unpaired) electrons. The van der Waals surface area contributed by atoms with Crippen molar-refractivity contribution in [2.24, 2.45) is 0 Å². The summed E-state index contributed by atoms with van der Waals surface area (Å²) in [7, 11) is 1.62. The summed E-state index contributed by atoms with van der Waals surface area (Å²) in [5.41, 5.74) is 1.88. The fourth-order valence-corrected chi connectivity index (χ4v) is 4.69. The average Bonchev–Trinajstić information content (AvgIpc) is 2.76. The summed E-state index contributed by atoms with van der Waals surface area (Å²) >= 11 is 1.41. The summed E-state index contributed by atoms with van der Waals surface area (Å²) in [5, 5.41) is 8.95. The molecule has 0 fully saturated rings. The van der Waals surface area contributed by atoms with E-state index in [1.165, 1.54) is 22.7 Å². The first-order valence-electron chi connectivity index (χ1n) is 10.1. The molecule has 1 aliphatic rings. The van der Waals surface area contributed by atoms with Crippen LogP contribution in [0.1, 0.15) is 35.7 Å². The van der Waals surface area contributed by atoms with Crippen molar-refractivity contribution in [1.82, 2.24) is 0 Å². The zero-order chi connectivity index (χ0) is 22.4. The molecule has 2 aromatic carbocycles. The maximum absolute atomic E-state index is 13.1. The van der Waals surface area contributed by atoms with Gasteiger partial charge in [-0.25, -0.2) is 4.79 Å². The number of carbonyl (C=O) groups excluding carboxylic acids is 2. The van der Waals surface area contributed by atoms with E-state index < -0.39 is 18.5 Å². The van der Waals surface area contributed by atoms with Gasteiger partial charge in [0.05, 0.1) is 30.2 Å². The molecule has 1 N–H and O–H groups in total. The molecule has 1 unspecified atom stereocenters. The Morgan fingerprint density at radius 2 is 1.90 bits per heavy atom. The van der Waals surface area contributed by atoms with E-state index in [9.17, 15) is 19.5 Å². The third kappa shape index (κ3) is 5.58. The van der Waals surface area contributed by atoms with Crippen molar-refractivity contribution in [2.45, 2.75) is 36.3 Å². The van der Waals surface area contributed by atoms with E-state index in [0.29, 0.717) is 17.7 Å². The highest BCUT2D eigenvalue weighted by molar-refractivity contribution is 8.01. The molecular formula is C23H25NO6S. The van der Waals surface area contributed by atoms with Crippen LogP contribution in [0.5, 0.6) is 5.75 Å². The van der Waals surface area contributed by atoms with Gasteiger partial charge in [-0.15, -0.1) is 11.8 Å². The summed E-state index contributed by atoms with van der Waals surface area (Å²) < 4.78 is 10.2. The first-order valence-corrected chi connectivity index (χ1v) is 10.9. The van der Waals surface area contributed by atoms with E-state index in [1.54, 1.807) is 26.2 Å². The van der Waals surface area contributed by atoms with Crippen molar-refractivity contribution >= 4 is 35.3 Å². The van der Waals surface area contributed by atoms with Gasteiger partial charge in [-0.1, -0.05) is 12.1 Å². The minimum atomic E-state index is -1.11. The zero-order valence-corrected chi connectivity index (χ0v) is 18.3. The van der Waals surface area contributed by atoms with Crippen LogP contribution in [0.2, 0.25) is 0 Å². The van der Waals surface area contributed by atoms with Gasteiger partial charge in [0.15, 0.2) is 0 Å². The summed E-state index contributed by atoms with van der Waals surface area (Å²) in [6, 6.07) is 12.7. The second kappa shape index (κ2) is 10.3. The molecule has 1 atom stereocenters. The standard InChI is InChI=1S/C23H25NO6S/c1-3-30-23(28)16-9-12-19-18(13-16)24(14-21(25)26)22(27)20(31-19)6-4-5-15-7-10-17(29-2)11-8-15/h7-13,20H,3-6,14H2,1-2H3,(H,25,26). The van der Waals surface area contributed by atoms with Crippen LogP contribution in [-0.4, -0.2) is 48.5 Å². The average molecular weight is 444 g/mol. The first-order chi connectivity index (χ1) is 14.9. The monoisotopic (exact) mass is 443 g/mol. The number of nitrogens with zero attached hydrogens (tertiary/aromatic N) is 1. The summed E-state index contributed by atoms with van der Waals surface area (Å²) in [4.78, 5) is 38.6. The lowest BCUT2D eigenvalue weighted by molar-refractivity contribution is -0.136. The van der Waals surface area contributed by atoms with Gasteiger partial charge in [-0.2, -0.15) is 0 Å². The van der Waals surface area contributed by atoms with Gasteiger partial charge in [-0.05, 0) is 62.1 Å². The van der Waals surface area contributed by atoms with Crippen molar-refractivity contribution in [1.29, 1.82) is 0 Å². The molecule has 0 bridgehead atoms. The Hall–Kier alpha value is -3.00. The lowest BCUT2D eigenvalue weighted by Crippen LogP contribution is -2.44. The quantitative estimate of drug-likeness (QED) is 0.590. The lowest BCUT2D eigenvalue weighted by Gasteiger charge is -2.33. The van der Waals surface area contributed by atoms with Crippen LogP contribution in [0.15, 0.2) is 47.4 Å². The smallest absolute Gasteiger partial charge is 0.338 e. The number of aliphatic carboxylic acids is 1. The van der Waals surface area contributed by atoms with Crippen molar-refractivity contribution in [3.05, 3.63) is 53.6 Å². The minimum Gasteiger partial charge on any atom is -0.497 e. The number of carbonyl (C=O) groups is 3. The molecule has 0 saturated carbocycles. The van der Waals surface area contributed by atoms with E-state index in [4.69, 9.17) is 9.47 Å². The fraction of sp³-hybridized carbons (Fsp3) is 0.348. The maximum Gasteiger partial charge on any atom is 0.338 e. The number of amides is 1. The minimum absolute atomic E-state index is 0.235. The number of fused-ring (bicyclic) bond motifs is 1. The zero-order valence-electron chi connectivity index (χ0n) is 17.5. The molecule has 0 aliphatic carbocycles. The first kappa shape index (κ1) is 22.7. The number of benzene rings is 2. The summed E-state index contributed by atoms with van der Waals surface area (Å²) in [6.07, 6.45) is 2.21. The molecule has 1 amide bonds. The van der Waals surface area contributed by atoms with E-state index >= 15 is 0 Å². The Morgan fingerprint density at radius 3 is 2.55 bits per heavy atom. The Labute approximate surface area is 185 Å². The molecule has 7 nitrogen and oxygen atoms in total. The highest BCUT2D eigenvalue weighted by Crippen LogP contribution is 2.41. The van der Waals surface area contributed by atoms with Gasteiger partial charge in [0.1, 0.15) is 12.3 Å². The van der Waals surface area contributed by atoms with E-state index in [2.05, 4.69) is 0 Å². The molecular weight excluding hydrogens is 418 g/mol. The van der Waals surface area contributed by atoms with Gasteiger partial charge in [-0.3, -0.25) is 14.5 Å². The number of hydrogen-bond acceptors (Lipinski definition) is 6. The number of rotatable bonds is 9. The Bertz CT molecular complexity index is 959. The van der Waals surface area contributed by atoms with E-state index in [-0.39, 0.29) is 17.8 Å². The molecule has 0 spiro atoms. The predicted octanol–water partition coefficient (Wildman–Crippen LogP) is 3.79. The lowest BCUT2D eigenvalue weighted by atomic mass is 10.1. The fourth-order valence-electron chi connectivity index (χ4n) is 3.43. The SMILES string of the molecule is CCOC(=O)c1ccc2c(c1)N(CC(=O)O)C(=O)C(CCCc1ccc(OC)cc1)S2. The van der Waals surface area contributed by atoms with Gasteiger partial charge in [0.25, 0.3) is 0 Å². The molecule has 1 aliphatic heterocycles. The Kier molecular flexibility index (Phi) is 7.57. The largest absolute Gasteiger partial charge is 0.497 e. The predicted molar refractivity (Wildman–Crippen MR) is 118 cm³/mol. The molecule has 31 heavy (non-hydrogen) atoms. The number of carboxylic acids is 1. The summed E-state index contributed by atoms with van der Waals surface area (Å²) in [6.45, 7) is 1.50. The van der Waals surface area contributed by atoms with Crippen LogP contribution in [-0.2, 0) is 20.7 Å². The molecule has 3 rings (SSSR count). The number of thioether (sulfide) groups is 1. The summed E-state index contributed by atoms with van der Waals surface area (Å²) in [5.74, 6) is -1.06. The Balaban J connectivity index is 1.74. The van der Waals surface area contributed by atoms with Gasteiger partial charge < -0.3 is 14.6 Å². The van der Waals surface area contributed by atoms with Crippen molar-refractivity contribution in [3.8, 4) is 5.75 Å². The van der Waals surface area contributed by atoms with Crippen molar-refractivity contribution in [2.75, 3.05) is 25.2 Å². The van der Waals surface area contributed by atoms with Crippen LogP contribution in [0.4, 0.5) is 5.69 Å². The number of methoxy groups -OCH3 is 1. The molecule has 0 saturated heterocycles. The molecule has 1 heterocycles. The van der Waals surface area contributed by atoms with Crippen LogP contribution in [0.3, 0.4) is 0 Å². The molecule has 164 valence electrons. The second-order valence-electron chi connectivity index (χ2n) is 7.07. The highest BCUT2D eigenvalue weighted by atomic mass is 32.2. The molecule has 8 heteroatoms. The Morgan fingerprint density at radius 1 is 1.16 bits per heavy atom. The van der Waals surface area contributed by atoms with Crippen LogP contribution in [0, 0.1) is 0 Å². The number of anilines is 1. The van der Waals surface area contributed by atoms with Crippen LogP contribution in [0.25, 0.3) is 0 Å². The normalized spacial score (nSPS) is 15.4. The van der Waals surface area contributed by atoms with Gasteiger partial charge in [0.2, 0.25) is 5.91 Å². The van der Waals surface area contributed by atoms with Gasteiger partial charge in [0, 0.05) is 4.90 Å². The number of esters is 1. The third-order valence-electron chi connectivity index (χ3n) is 4.96. The number of hydrogen-bond donors (Lipinski definition) is 1. The van der Waals surface area contributed by atoms with Crippen LogP contribution >= 0.6 is 11.8 Å². The van der Waals surface area contributed by atoms with E-state index in [1.807, 2.05) is 24.3 Å². The second-order valence-corrected chi connectivity index (χ2v) is 8.31. The van der Waals surface area contributed by atoms with Gasteiger partial charge >= 0.3 is 11.9 Å². The topological polar surface area (TPSA) is 93.1 Å². The van der Waals surface area contributed by atoms with Crippen LogP contribution < -0.4 is 9.64 Å². The molecule has 0 aromatic heterocycles. The molecule has 2 aromatic rings. The third-order valence-corrected chi connectivity index (χ3v) is 6.28. The maximum atomic E-state index is 13.1. The number of carboxylic acid groups (broad SMARTS) is 1. The van der Waals surface area contributed by atoms with E-state index in [0.717, 1.165) is 29.1 Å². The number of ether oxygens (including phenoxy) is 2. The van der Waals surface area contributed by atoms with Crippen molar-refractivity contribution < 1.29 is 29.0 Å². The number of aryl methyl sites for hydroxylation is 1.